The lowest BCUT2D eigenvalue weighted by molar-refractivity contribution is -0.131. The van der Waals surface area contributed by atoms with Crippen LogP contribution in [0.15, 0.2) is 0 Å². The molecule has 1 saturated heterocycles. The van der Waals surface area contributed by atoms with Crippen LogP contribution in [0.4, 0.5) is 4.79 Å². The van der Waals surface area contributed by atoms with Gasteiger partial charge in [-0.15, -0.1) is 0 Å². The number of fused-ring (bicyclic) bond motifs is 1. The van der Waals surface area contributed by atoms with Crippen molar-refractivity contribution in [2.75, 3.05) is 6.61 Å². The fraction of sp³-hybridized carbons (Fsp3) is 0.944. The summed E-state index contributed by atoms with van der Waals surface area (Å²) in [5, 5.41) is 6.89. The maximum atomic E-state index is 12.2. The van der Waals surface area contributed by atoms with E-state index in [4.69, 9.17) is 9.47 Å². The lowest BCUT2D eigenvalue weighted by Crippen LogP contribution is -2.74. The summed E-state index contributed by atoms with van der Waals surface area (Å²) < 4.78 is 11.4. The molecule has 1 aliphatic heterocycles. The molecule has 0 spiro atoms. The maximum absolute atomic E-state index is 12.2. The fourth-order valence-corrected chi connectivity index (χ4v) is 4.08. The highest BCUT2D eigenvalue weighted by molar-refractivity contribution is 5.68. The summed E-state index contributed by atoms with van der Waals surface area (Å²) in [7, 11) is 0. The highest BCUT2D eigenvalue weighted by Crippen LogP contribution is 2.41. The number of carbonyl (C=O) groups is 1. The third-order valence-corrected chi connectivity index (χ3v) is 5.34. The van der Waals surface area contributed by atoms with Crippen molar-refractivity contribution in [3.8, 4) is 0 Å². The monoisotopic (exact) mass is 324 g/mol. The van der Waals surface area contributed by atoms with Crippen LogP contribution >= 0.6 is 0 Å². The SMILES string of the molecule is CCC(NC1C(NC(=O)OC(C)(C)C)C2CCCOC21)C1CC1. The van der Waals surface area contributed by atoms with Crippen LogP contribution in [-0.2, 0) is 9.47 Å². The van der Waals surface area contributed by atoms with Gasteiger partial charge in [-0.1, -0.05) is 6.92 Å². The summed E-state index contributed by atoms with van der Waals surface area (Å²) in [5.41, 5.74) is -0.459. The molecule has 1 amide bonds. The van der Waals surface area contributed by atoms with Gasteiger partial charge in [0.2, 0.25) is 0 Å². The third kappa shape index (κ3) is 4.00. The Bertz CT molecular complexity index is 430. The standard InChI is InChI=1S/C18H32N2O3/c1-5-13(11-8-9-11)19-15-14(12-7-6-10-22-16(12)15)20-17(21)23-18(2,3)4/h11-16,19H,5-10H2,1-4H3,(H,20,21). The van der Waals surface area contributed by atoms with Gasteiger partial charge in [0.25, 0.3) is 0 Å². The van der Waals surface area contributed by atoms with Crippen LogP contribution in [0.1, 0.15) is 59.8 Å². The number of ether oxygens (including phenoxy) is 2. The third-order valence-electron chi connectivity index (χ3n) is 5.34. The summed E-state index contributed by atoms with van der Waals surface area (Å²) in [6.07, 6.45) is 5.95. The summed E-state index contributed by atoms with van der Waals surface area (Å²) in [4.78, 5) is 12.2. The van der Waals surface area contributed by atoms with Gasteiger partial charge in [-0.3, -0.25) is 0 Å². The van der Waals surface area contributed by atoms with Gasteiger partial charge < -0.3 is 20.1 Å². The first-order chi connectivity index (χ1) is 10.9. The molecule has 5 heteroatoms. The Kier molecular flexibility index (Phi) is 4.88. The zero-order chi connectivity index (χ0) is 16.6. The fourth-order valence-electron chi connectivity index (χ4n) is 4.08. The number of hydrogen-bond donors (Lipinski definition) is 2. The van der Waals surface area contributed by atoms with E-state index < -0.39 is 5.60 Å². The molecular formula is C18H32N2O3. The van der Waals surface area contributed by atoms with Gasteiger partial charge in [-0.25, -0.2) is 4.79 Å². The molecule has 3 aliphatic rings. The van der Waals surface area contributed by atoms with E-state index in [1.807, 2.05) is 20.8 Å². The Morgan fingerprint density at radius 3 is 2.61 bits per heavy atom. The van der Waals surface area contributed by atoms with E-state index in [-0.39, 0.29) is 24.3 Å². The van der Waals surface area contributed by atoms with Gasteiger partial charge in [-0.05, 0) is 58.8 Å². The van der Waals surface area contributed by atoms with E-state index in [1.165, 1.54) is 12.8 Å². The van der Waals surface area contributed by atoms with E-state index in [2.05, 4.69) is 17.6 Å². The number of alkyl carbamates (subject to hydrolysis) is 1. The molecule has 2 N–H and O–H groups in total. The van der Waals surface area contributed by atoms with Crippen molar-refractivity contribution in [2.24, 2.45) is 11.8 Å². The molecule has 132 valence electrons. The lowest BCUT2D eigenvalue weighted by Gasteiger charge is -2.55. The van der Waals surface area contributed by atoms with Crippen molar-refractivity contribution < 1.29 is 14.3 Å². The predicted molar refractivity (Wildman–Crippen MR) is 89.3 cm³/mol. The van der Waals surface area contributed by atoms with Crippen LogP contribution in [0.25, 0.3) is 0 Å². The minimum absolute atomic E-state index is 0.128. The van der Waals surface area contributed by atoms with Crippen molar-refractivity contribution in [3.05, 3.63) is 0 Å². The van der Waals surface area contributed by atoms with E-state index in [1.54, 1.807) is 0 Å². The number of hydrogen-bond acceptors (Lipinski definition) is 4. The van der Waals surface area contributed by atoms with Gasteiger partial charge in [0, 0.05) is 18.6 Å². The van der Waals surface area contributed by atoms with E-state index in [0.29, 0.717) is 12.0 Å². The van der Waals surface area contributed by atoms with Gasteiger partial charge in [0.1, 0.15) is 5.60 Å². The Hall–Kier alpha value is -0.810. The lowest BCUT2D eigenvalue weighted by atomic mass is 9.68. The molecule has 3 fully saturated rings. The Balaban J connectivity index is 1.61. The molecule has 3 rings (SSSR count). The second-order valence-corrected chi connectivity index (χ2v) is 8.36. The number of nitrogens with one attached hydrogen (secondary N) is 2. The van der Waals surface area contributed by atoms with Crippen LogP contribution < -0.4 is 10.6 Å². The van der Waals surface area contributed by atoms with Crippen molar-refractivity contribution in [1.29, 1.82) is 0 Å². The van der Waals surface area contributed by atoms with Gasteiger partial charge in [0.15, 0.2) is 0 Å². The number of carbonyl (C=O) groups excluding carboxylic acids is 1. The quantitative estimate of drug-likeness (QED) is 0.816. The summed E-state index contributed by atoms with van der Waals surface area (Å²) >= 11 is 0. The molecule has 2 saturated carbocycles. The second-order valence-electron chi connectivity index (χ2n) is 8.36. The highest BCUT2D eigenvalue weighted by atomic mass is 16.6. The molecule has 0 aromatic rings. The van der Waals surface area contributed by atoms with Crippen LogP contribution in [0, 0.1) is 11.8 Å². The molecule has 0 bridgehead atoms. The van der Waals surface area contributed by atoms with Crippen LogP contribution in [0.5, 0.6) is 0 Å². The normalized spacial score (nSPS) is 35.0. The first kappa shape index (κ1) is 17.0. The largest absolute Gasteiger partial charge is 0.444 e. The predicted octanol–water partition coefficient (Wildman–Crippen LogP) is 2.84. The zero-order valence-corrected chi connectivity index (χ0v) is 14.9. The van der Waals surface area contributed by atoms with Crippen molar-refractivity contribution in [1.82, 2.24) is 10.6 Å². The van der Waals surface area contributed by atoms with E-state index in [9.17, 15) is 4.79 Å². The van der Waals surface area contributed by atoms with Crippen molar-refractivity contribution >= 4 is 6.09 Å². The average molecular weight is 324 g/mol. The summed E-state index contributed by atoms with van der Waals surface area (Å²) in [6.45, 7) is 8.78. The summed E-state index contributed by atoms with van der Waals surface area (Å²) in [5.74, 6) is 1.23. The average Bonchev–Trinajstić information content (AvgIpc) is 3.29. The Morgan fingerprint density at radius 1 is 1.26 bits per heavy atom. The van der Waals surface area contributed by atoms with Crippen LogP contribution in [-0.4, -0.2) is 42.5 Å². The molecule has 0 radical (unpaired) electrons. The van der Waals surface area contributed by atoms with Crippen molar-refractivity contribution in [2.45, 2.75) is 89.6 Å². The molecular weight excluding hydrogens is 292 g/mol. The molecule has 1 heterocycles. The second kappa shape index (κ2) is 6.60. The first-order valence-electron chi connectivity index (χ1n) is 9.26. The van der Waals surface area contributed by atoms with Gasteiger partial charge in [0.05, 0.1) is 18.2 Å². The molecule has 0 aromatic carbocycles. The number of rotatable bonds is 5. The molecule has 5 nitrogen and oxygen atoms in total. The topological polar surface area (TPSA) is 59.6 Å². The maximum Gasteiger partial charge on any atom is 0.407 e. The molecule has 0 aromatic heterocycles. The minimum atomic E-state index is -0.459. The van der Waals surface area contributed by atoms with Gasteiger partial charge >= 0.3 is 6.09 Å². The zero-order valence-electron chi connectivity index (χ0n) is 14.9. The van der Waals surface area contributed by atoms with E-state index >= 15 is 0 Å². The Morgan fingerprint density at radius 2 is 2.00 bits per heavy atom. The van der Waals surface area contributed by atoms with E-state index in [0.717, 1.165) is 31.8 Å². The smallest absolute Gasteiger partial charge is 0.407 e. The van der Waals surface area contributed by atoms with Gasteiger partial charge in [-0.2, -0.15) is 0 Å². The first-order valence-corrected chi connectivity index (χ1v) is 9.26. The highest BCUT2D eigenvalue weighted by Gasteiger charge is 2.54. The number of amides is 1. The van der Waals surface area contributed by atoms with Crippen LogP contribution in [0.2, 0.25) is 0 Å². The Labute approximate surface area is 139 Å². The summed E-state index contributed by atoms with van der Waals surface area (Å²) in [6, 6.07) is 0.899. The molecule has 23 heavy (non-hydrogen) atoms. The minimum Gasteiger partial charge on any atom is -0.444 e. The molecule has 5 atom stereocenters. The van der Waals surface area contributed by atoms with Crippen molar-refractivity contribution in [3.63, 3.8) is 0 Å². The molecule has 5 unspecified atom stereocenters. The molecule has 2 aliphatic carbocycles. The van der Waals surface area contributed by atoms with Crippen LogP contribution in [0.3, 0.4) is 0 Å².